The molecule has 104 valence electrons. The molecule has 0 atom stereocenters. The number of pyridine rings is 1. The number of hydrogen-bond donors (Lipinski definition) is 1. The van der Waals surface area contributed by atoms with E-state index >= 15 is 0 Å². The average molecular weight is 265 g/mol. The Labute approximate surface area is 113 Å². The maximum atomic E-state index is 14.1. The summed E-state index contributed by atoms with van der Waals surface area (Å²) in [5.74, 6) is -0.0741. The Kier molecular flexibility index (Phi) is 4.35. The minimum absolute atomic E-state index is 0.105. The highest BCUT2D eigenvalue weighted by Gasteiger charge is 2.28. The third-order valence-corrected chi connectivity index (χ3v) is 3.31. The third-order valence-electron chi connectivity index (χ3n) is 3.31. The number of aromatic nitrogens is 1. The molecular formula is C14H20FN3O. The first-order valence-electron chi connectivity index (χ1n) is 6.78. The van der Waals surface area contributed by atoms with Gasteiger partial charge in [-0.25, -0.2) is 9.37 Å². The molecule has 1 amide bonds. The van der Waals surface area contributed by atoms with Gasteiger partial charge in [0.25, 0.3) is 5.91 Å². The second kappa shape index (κ2) is 5.99. The molecule has 1 heterocycles. The minimum Gasteiger partial charge on any atom is -0.371 e. The SMILES string of the molecule is CCCN(CC1CC1)C(=O)c1ccnc(NC)c1F. The van der Waals surface area contributed by atoms with Crippen molar-refractivity contribution in [2.45, 2.75) is 26.2 Å². The minimum atomic E-state index is -0.563. The van der Waals surface area contributed by atoms with Crippen LogP contribution in [0.5, 0.6) is 0 Å². The summed E-state index contributed by atoms with van der Waals surface area (Å²) in [4.78, 5) is 18.0. The van der Waals surface area contributed by atoms with Crippen LogP contribution >= 0.6 is 0 Å². The summed E-state index contributed by atoms with van der Waals surface area (Å²) in [6, 6.07) is 1.45. The fourth-order valence-electron chi connectivity index (χ4n) is 2.11. The molecule has 0 aromatic carbocycles. The van der Waals surface area contributed by atoms with E-state index in [0.717, 1.165) is 13.0 Å². The van der Waals surface area contributed by atoms with Crippen molar-refractivity contribution in [2.75, 3.05) is 25.5 Å². The van der Waals surface area contributed by atoms with Crippen molar-refractivity contribution < 1.29 is 9.18 Å². The number of amides is 1. The van der Waals surface area contributed by atoms with Gasteiger partial charge in [0.15, 0.2) is 11.6 Å². The summed E-state index contributed by atoms with van der Waals surface area (Å²) < 4.78 is 14.1. The van der Waals surface area contributed by atoms with E-state index in [0.29, 0.717) is 12.5 Å². The van der Waals surface area contributed by atoms with E-state index in [4.69, 9.17) is 0 Å². The van der Waals surface area contributed by atoms with Gasteiger partial charge in [-0.1, -0.05) is 6.92 Å². The van der Waals surface area contributed by atoms with Crippen LogP contribution in [0.15, 0.2) is 12.3 Å². The van der Waals surface area contributed by atoms with E-state index in [2.05, 4.69) is 10.3 Å². The van der Waals surface area contributed by atoms with Crippen LogP contribution in [0.3, 0.4) is 0 Å². The van der Waals surface area contributed by atoms with Crippen LogP contribution in [0.1, 0.15) is 36.5 Å². The lowest BCUT2D eigenvalue weighted by Crippen LogP contribution is -2.34. The monoisotopic (exact) mass is 265 g/mol. The van der Waals surface area contributed by atoms with Gasteiger partial charge in [0.2, 0.25) is 0 Å². The maximum Gasteiger partial charge on any atom is 0.257 e. The van der Waals surface area contributed by atoms with Crippen molar-refractivity contribution >= 4 is 11.7 Å². The highest BCUT2D eigenvalue weighted by atomic mass is 19.1. The summed E-state index contributed by atoms with van der Waals surface area (Å²) in [5, 5.41) is 2.66. The number of rotatable bonds is 6. The summed E-state index contributed by atoms with van der Waals surface area (Å²) in [7, 11) is 1.59. The van der Waals surface area contributed by atoms with Crippen molar-refractivity contribution in [3.63, 3.8) is 0 Å². The fourth-order valence-corrected chi connectivity index (χ4v) is 2.11. The molecule has 1 fully saturated rings. The van der Waals surface area contributed by atoms with Crippen LogP contribution in [-0.2, 0) is 0 Å². The summed E-state index contributed by atoms with van der Waals surface area (Å²) in [6.45, 7) is 3.43. The van der Waals surface area contributed by atoms with Gasteiger partial charge in [-0.05, 0) is 31.2 Å². The van der Waals surface area contributed by atoms with Crippen LogP contribution in [0.25, 0.3) is 0 Å². The Morgan fingerprint density at radius 3 is 2.89 bits per heavy atom. The van der Waals surface area contributed by atoms with E-state index in [1.165, 1.54) is 25.1 Å². The van der Waals surface area contributed by atoms with Crippen LogP contribution in [0, 0.1) is 11.7 Å². The smallest absolute Gasteiger partial charge is 0.257 e. The Morgan fingerprint density at radius 2 is 2.32 bits per heavy atom. The van der Waals surface area contributed by atoms with Gasteiger partial charge < -0.3 is 10.2 Å². The van der Waals surface area contributed by atoms with Crippen molar-refractivity contribution in [1.82, 2.24) is 9.88 Å². The standard InChI is InChI=1S/C14H20FN3O/c1-3-8-18(9-10-4-5-10)14(19)11-6-7-17-13(16-2)12(11)15/h6-7,10H,3-5,8-9H2,1-2H3,(H,16,17). The van der Waals surface area contributed by atoms with Gasteiger partial charge in [-0.2, -0.15) is 0 Å². The predicted octanol–water partition coefficient (Wildman–Crippen LogP) is 2.52. The molecule has 1 aliphatic rings. The van der Waals surface area contributed by atoms with Gasteiger partial charge in [0, 0.05) is 26.3 Å². The molecule has 0 saturated heterocycles. The molecule has 4 nitrogen and oxygen atoms in total. The van der Waals surface area contributed by atoms with Gasteiger partial charge >= 0.3 is 0 Å². The average Bonchev–Trinajstić information content (AvgIpc) is 3.22. The van der Waals surface area contributed by atoms with Gasteiger partial charge in [0.05, 0.1) is 5.56 Å². The Morgan fingerprint density at radius 1 is 1.58 bits per heavy atom. The Hall–Kier alpha value is -1.65. The molecule has 0 spiro atoms. The molecule has 1 aliphatic carbocycles. The topological polar surface area (TPSA) is 45.2 Å². The van der Waals surface area contributed by atoms with E-state index in [1.54, 1.807) is 11.9 Å². The number of hydrogen-bond acceptors (Lipinski definition) is 3. The first kappa shape index (κ1) is 13.8. The van der Waals surface area contributed by atoms with E-state index < -0.39 is 5.82 Å². The highest BCUT2D eigenvalue weighted by Crippen LogP contribution is 2.30. The molecule has 0 bridgehead atoms. The number of carbonyl (C=O) groups is 1. The van der Waals surface area contributed by atoms with Crippen LogP contribution in [-0.4, -0.2) is 35.9 Å². The van der Waals surface area contributed by atoms with Crippen molar-refractivity contribution in [1.29, 1.82) is 0 Å². The predicted molar refractivity (Wildman–Crippen MR) is 72.7 cm³/mol. The number of nitrogens with zero attached hydrogens (tertiary/aromatic N) is 2. The number of halogens is 1. The summed E-state index contributed by atoms with van der Waals surface area (Å²) in [5.41, 5.74) is 0.105. The second-order valence-electron chi connectivity index (χ2n) is 4.97. The van der Waals surface area contributed by atoms with Crippen LogP contribution < -0.4 is 5.32 Å². The first-order chi connectivity index (χ1) is 9.17. The largest absolute Gasteiger partial charge is 0.371 e. The lowest BCUT2D eigenvalue weighted by molar-refractivity contribution is 0.0743. The number of nitrogens with one attached hydrogen (secondary N) is 1. The molecular weight excluding hydrogens is 245 g/mol. The van der Waals surface area contributed by atoms with Crippen LogP contribution in [0.2, 0.25) is 0 Å². The summed E-state index contributed by atoms with van der Waals surface area (Å²) in [6.07, 6.45) is 4.69. The molecule has 1 N–H and O–H groups in total. The summed E-state index contributed by atoms with van der Waals surface area (Å²) >= 11 is 0. The molecule has 5 heteroatoms. The maximum absolute atomic E-state index is 14.1. The molecule has 1 aromatic heterocycles. The van der Waals surface area contributed by atoms with Gasteiger partial charge in [-0.15, -0.1) is 0 Å². The molecule has 0 radical (unpaired) electrons. The van der Waals surface area contributed by atoms with E-state index in [9.17, 15) is 9.18 Å². The Balaban J connectivity index is 2.19. The van der Waals surface area contributed by atoms with Gasteiger partial charge in [-0.3, -0.25) is 4.79 Å². The zero-order chi connectivity index (χ0) is 13.8. The molecule has 1 saturated carbocycles. The Bertz CT molecular complexity index is 460. The molecule has 0 aliphatic heterocycles. The second-order valence-corrected chi connectivity index (χ2v) is 4.97. The third kappa shape index (κ3) is 3.22. The molecule has 0 unspecified atom stereocenters. The lowest BCUT2D eigenvalue weighted by Gasteiger charge is -2.22. The van der Waals surface area contributed by atoms with Crippen LogP contribution in [0.4, 0.5) is 10.2 Å². The zero-order valence-electron chi connectivity index (χ0n) is 11.4. The number of anilines is 1. The van der Waals surface area contributed by atoms with E-state index in [-0.39, 0.29) is 17.3 Å². The van der Waals surface area contributed by atoms with E-state index in [1.807, 2.05) is 6.92 Å². The number of carbonyl (C=O) groups excluding carboxylic acids is 1. The lowest BCUT2D eigenvalue weighted by atomic mass is 10.2. The quantitative estimate of drug-likeness (QED) is 0.859. The van der Waals surface area contributed by atoms with Crippen molar-refractivity contribution in [2.24, 2.45) is 5.92 Å². The first-order valence-corrected chi connectivity index (χ1v) is 6.78. The zero-order valence-corrected chi connectivity index (χ0v) is 11.4. The molecule has 19 heavy (non-hydrogen) atoms. The van der Waals surface area contributed by atoms with Crippen molar-refractivity contribution in [3.05, 3.63) is 23.6 Å². The van der Waals surface area contributed by atoms with Crippen molar-refractivity contribution in [3.8, 4) is 0 Å². The molecule has 1 aromatic rings. The fraction of sp³-hybridized carbons (Fsp3) is 0.571. The normalized spacial score (nSPS) is 14.3. The molecule has 2 rings (SSSR count). The van der Waals surface area contributed by atoms with Gasteiger partial charge in [0.1, 0.15) is 0 Å². The highest BCUT2D eigenvalue weighted by molar-refractivity contribution is 5.95.